The minimum Gasteiger partial charge on any atom is -0.494 e. The van der Waals surface area contributed by atoms with E-state index in [9.17, 15) is 9.18 Å². The van der Waals surface area contributed by atoms with Crippen LogP contribution in [0.5, 0.6) is 5.75 Å². The van der Waals surface area contributed by atoms with Gasteiger partial charge >= 0.3 is 0 Å². The summed E-state index contributed by atoms with van der Waals surface area (Å²) in [5.74, 6) is -0.737. The maximum atomic E-state index is 13.6. The fraction of sp³-hybridized carbons (Fsp3) is 0.235. The molecule has 0 saturated heterocycles. The zero-order chi connectivity index (χ0) is 15.4. The van der Waals surface area contributed by atoms with Crippen LogP contribution in [0.2, 0.25) is 0 Å². The number of rotatable bonds is 4. The zero-order valence-corrected chi connectivity index (χ0v) is 12.3. The van der Waals surface area contributed by atoms with Crippen LogP contribution in [0.4, 0.5) is 4.39 Å². The van der Waals surface area contributed by atoms with Gasteiger partial charge in [-0.3, -0.25) is 4.79 Å². The second-order valence-electron chi connectivity index (χ2n) is 4.90. The SMILES string of the molecule is COc1ccc(C(=O)N[C@@H](C)c2ccccc2C)cc1F. The molecule has 2 aromatic carbocycles. The van der Waals surface area contributed by atoms with Gasteiger partial charge in [-0.1, -0.05) is 24.3 Å². The highest BCUT2D eigenvalue weighted by atomic mass is 19.1. The normalized spacial score (nSPS) is 11.8. The van der Waals surface area contributed by atoms with Gasteiger partial charge in [-0.15, -0.1) is 0 Å². The number of hydrogen-bond acceptors (Lipinski definition) is 2. The Hall–Kier alpha value is -2.36. The maximum Gasteiger partial charge on any atom is 0.251 e. The summed E-state index contributed by atoms with van der Waals surface area (Å²) >= 11 is 0. The third kappa shape index (κ3) is 3.40. The number of nitrogens with one attached hydrogen (secondary N) is 1. The minimum absolute atomic E-state index is 0.124. The van der Waals surface area contributed by atoms with E-state index in [1.807, 2.05) is 38.1 Å². The van der Waals surface area contributed by atoms with Gasteiger partial charge in [-0.05, 0) is 43.2 Å². The summed E-state index contributed by atoms with van der Waals surface area (Å²) in [7, 11) is 1.39. The van der Waals surface area contributed by atoms with Crippen molar-refractivity contribution in [2.45, 2.75) is 19.9 Å². The van der Waals surface area contributed by atoms with Crippen LogP contribution in [0.25, 0.3) is 0 Å². The standard InChI is InChI=1S/C17H18FNO2/c1-11-6-4-5-7-14(11)12(2)19-17(20)13-8-9-16(21-3)15(18)10-13/h4-10,12H,1-3H3,(H,19,20)/t12-/m0/s1. The van der Waals surface area contributed by atoms with Crippen molar-refractivity contribution >= 4 is 5.91 Å². The van der Waals surface area contributed by atoms with Crippen LogP contribution in [0.3, 0.4) is 0 Å². The number of carbonyl (C=O) groups is 1. The summed E-state index contributed by atoms with van der Waals surface area (Å²) in [5.41, 5.74) is 2.42. The smallest absolute Gasteiger partial charge is 0.251 e. The summed E-state index contributed by atoms with van der Waals surface area (Å²) in [6.45, 7) is 3.89. The van der Waals surface area contributed by atoms with E-state index < -0.39 is 5.82 Å². The molecule has 0 radical (unpaired) electrons. The number of halogens is 1. The quantitative estimate of drug-likeness (QED) is 0.932. The molecule has 4 heteroatoms. The fourth-order valence-corrected chi connectivity index (χ4v) is 2.24. The van der Waals surface area contributed by atoms with Crippen molar-refractivity contribution in [3.05, 3.63) is 65.0 Å². The molecule has 0 unspecified atom stereocenters. The molecule has 0 saturated carbocycles. The summed E-state index contributed by atoms with van der Waals surface area (Å²) in [6.07, 6.45) is 0. The second-order valence-corrected chi connectivity index (χ2v) is 4.90. The molecule has 0 aliphatic heterocycles. The molecule has 21 heavy (non-hydrogen) atoms. The van der Waals surface area contributed by atoms with Crippen molar-refractivity contribution in [3.63, 3.8) is 0 Å². The van der Waals surface area contributed by atoms with E-state index in [1.165, 1.54) is 19.2 Å². The van der Waals surface area contributed by atoms with Crippen LogP contribution >= 0.6 is 0 Å². The van der Waals surface area contributed by atoms with Crippen molar-refractivity contribution < 1.29 is 13.9 Å². The van der Waals surface area contributed by atoms with Crippen molar-refractivity contribution in [2.75, 3.05) is 7.11 Å². The van der Waals surface area contributed by atoms with E-state index in [2.05, 4.69) is 5.32 Å². The van der Waals surface area contributed by atoms with Crippen LogP contribution in [0.1, 0.15) is 34.5 Å². The van der Waals surface area contributed by atoms with E-state index >= 15 is 0 Å². The molecule has 0 aliphatic carbocycles. The van der Waals surface area contributed by atoms with Gasteiger partial charge < -0.3 is 10.1 Å². The van der Waals surface area contributed by atoms with Crippen molar-refractivity contribution in [1.82, 2.24) is 5.32 Å². The molecular formula is C17H18FNO2. The lowest BCUT2D eigenvalue weighted by molar-refractivity contribution is 0.0939. The lowest BCUT2D eigenvalue weighted by atomic mass is 10.0. The predicted octanol–water partition coefficient (Wildman–Crippen LogP) is 3.63. The molecular weight excluding hydrogens is 269 g/mol. The van der Waals surface area contributed by atoms with Gasteiger partial charge in [0.25, 0.3) is 5.91 Å². The van der Waals surface area contributed by atoms with E-state index in [0.717, 1.165) is 11.1 Å². The molecule has 2 aromatic rings. The first-order valence-corrected chi connectivity index (χ1v) is 6.73. The van der Waals surface area contributed by atoms with Gasteiger partial charge in [0.15, 0.2) is 11.6 Å². The highest BCUT2D eigenvalue weighted by Crippen LogP contribution is 2.20. The maximum absolute atomic E-state index is 13.6. The Labute approximate surface area is 123 Å². The first kappa shape index (κ1) is 15.0. The summed E-state index contributed by atoms with van der Waals surface area (Å²) in [6, 6.07) is 11.9. The highest BCUT2D eigenvalue weighted by Gasteiger charge is 2.14. The van der Waals surface area contributed by atoms with Crippen molar-refractivity contribution in [3.8, 4) is 5.75 Å². The number of benzene rings is 2. The summed E-state index contributed by atoms with van der Waals surface area (Å²) in [5, 5.41) is 2.87. The van der Waals surface area contributed by atoms with E-state index in [0.29, 0.717) is 0 Å². The molecule has 2 rings (SSSR count). The van der Waals surface area contributed by atoms with E-state index in [-0.39, 0.29) is 23.3 Å². The third-order valence-electron chi connectivity index (χ3n) is 3.42. The Morgan fingerprint density at radius 1 is 1.24 bits per heavy atom. The van der Waals surface area contributed by atoms with Crippen LogP contribution in [0.15, 0.2) is 42.5 Å². The van der Waals surface area contributed by atoms with Crippen molar-refractivity contribution in [1.29, 1.82) is 0 Å². The molecule has 110 valence electrons. The molecule has 3 nitrogen and oxygen atoms in total. The number of hydrogen-bond donors (Lipinski definition) is 1. The molecule has 1 N–H and O–H groups in total. The van der Waals surface area contributed by atoms with E-state index in [4.69, 9.17) is 4.74 Å². The van der Waals surface area contributed by atoms with Gasteiger partial charge in [0, 0.05) is 5.56 Å². The Kier molecular flexibility index (Phi) is 4.58. The number of carbonyl (C=O) groups excluding carboxylic acids is 1. The van der Waals surface area contributed by atoms with Gasteiger partial charge in [0.2, 0.25) is 0 Å². The van der Waals surface area contributed by atoms with Gasteiger partial charge in [-0.2, -0.15) is 0 Å². The second kappa shape index (κ2) is 6.39. The lowest BCUT2D eigenvalue weighted by Gasteiger charge is -2.16. The lowest BCUT2D eigenvalue weighted by Crippen LogP contribution is -2.27. The number of methoxy groups -OCH3 is 1. The van der Waals surface area contributed by atoms with Gasteiger partial charge in [0.05, 0.1) is 13.2 Å². The zero-order valence-electron chi connectivity index (χ0n) is 12.3. The average molecular weight is 287 g/mol. The van der Waals surface area contributed by atoms with Crippen LogP contribution in [-0.2, 0) is 0 Å². The third-order valence-corrected chi connectivity index (χ3v) is 3.42. The first-order chi connectivity index (χ1) is 10.0. The molecule has 0 aromatic heterocycles. The monoisotopic (exact) mass is 287 g/mol. The van der Waals surface area contributed by atoms with Gasteiger partial charge in [0.1, 0.15) is 0 Å². The largest absolute Gasteiger partial charge is 0.494 e. The number of aryl methyl sites for hydroxylation is 1. The molecule has 0 aliphatic rings. The molecule has 0 fully saturated rings. The molecule has 1 atom stereocenters. The summed E-state index contributed by atoms with van der Waals surface area (Å²) < 4.78 is 18.5. The average Bonchev–Trinajstić information content (AvgIpc) is 2.47. The first-order valence-electron chi connectivity index (χ1n) is 6.73. The van der Waals surface area contributed by atoms with Gasteiger partial charge in [-0.25, -0.2) is 4.39 Å². The molecule has 0 spiro atoms. The van der Waals surface area contributed by atoms with Crippen LogP contribution < -0.4 is 10.1 Å². The highest BCUT2D eigenvalue weighted by molar-refractivity contribution is 5.94. The fourth-order valence-electron chi connectivity index (χ4n) is 2.24. The molecule has 1 amide bonds. The Balaban J connectivity index is 2.14. The predicted molar refractivity (Wildman–Crippen MR) is 80.0 cm³/mol. The topological polar surface area (TPSA) is 38.3 Å². The molecule has 0 heterocycles. The van der Waals surface area contributed by atoms with E-state index in [1.54, 1.807) is 6.07 Å². The molecule has 0 bridgehead atoms. The summed E-state index contributed by atoms with van der Waals surface area (Å²) in [4.78, 5) is 12.2. The Bertz CT molecular complexity index is 655. The Morgan fingerprint density at radius 3 is 2.57 bits per heavy atom. The number of amides is 1. The van der Waals surface area contributed by atoms with Crippen molar-refractivity contribution in [2.24, 2.45) is 0 Å². The Morgan fingerprint density at radius 2 is 1.95 bits per heavy atom. The number of ether oxygens (including phenoxy) is 1. The van der Waals surface area contributed by atoms with Crippen LogP contribution in [0, 0.1) is 12.7 Å². The minimum atomic E-state index is -0.548. The van der Waals surface area contributed by atoms with Crippen LogP contribution in [-0.4, -0.2) is 13.0 Å².